The average molecular weight is 215 g/mol. The number of ether oxygens (including phenoxy) is 1. The van der Waals surface area contributed by atoms with Crippen LogP contribution < -0.4 is 0 Å². The molecular formula is C12H25NO2. The van der Waals surface area contributed by atoms with Crippen molar-refractivity contribution >= 4 is 5.97 Å². The first-order valence-electron chi connectivity index (χ1n) is 5.89. The van der Waals surface area contributed by atoms with Crippen molar-refractivity contribution in [2.24, 2.45) is 5.92 Å². The smallest absolute Gasteiger partial charge is 0.308 e. The molecule has 0 unspecified atom stereocenters. The summed E-state index contributed by atoms with van der Waals surface area (Å²) in [6, 6.07) is 0.654. The van der Waals surface area contributed by atoms with Crippen molar-refractivity contribution in [1.29, 1.82) is 0 Å². The van der Waals surface area contributed by atoms with Gasteiger partial charge in [-0.15, -0.1) is 0 Å². The molecule has 3 heteroatoms. The third kappa shape index (κ3) is 4.65. The fraction of sp³-hybridized carbons (Fsp3) is 0.917. The van der Waals surface area contributed by atoms with Crippen LogP contribution in [0.2, 0.25) is 0 Å². The summed E-state index contributed by atoms with van der Waals surface area (Å²) >= 11 is 0. The third-order valence-electron chi connectivity index (χ3n) is 2.96. The zero-order chi connectivity index (χ0) is 11.8. The molecule has 0 amide bonds. The van der Waals surface area contributed by atoms with E-state index in [4.69, 9.17) is 4.74 Å². The Morgan fingerprint density at radius 3 is 1.93 bits per heavy atom. The van der Waals surface area contributed by atoms with Crippen molar-refractivity contribution in [3.8, 4) is 0 Å². The molecule has 0 aliphatic heterocycles. The predicted molar refractivity (Wildman–Crippen MR) is 62.8 cm³/mol. The minimum Gasteiger partial charge on any atom is -0.469 e. The number of nitrogens with zero attached hydrogens (tertiary/aromatic N) is 1. The number of hydrogen-bond acceptors (Lipinski definition) is 3. The molecule has 0 radical (unpaired) electrons. The fourth-order valence-electron chi connectivity index (χ4n) is 1.99. The largest absolute Gasteiger partial charge is 0.469 e. The van der Waals surface area contributed by atoms with E-state index in [-0.39, 0.29) is 11.9 Å². The van der Waals surface area contributed by atoms with Gasteiger partial charge in [-0.3, -0.25) is 4.79 Å². The molecule has 1 aliphatic carbocycles. The SMILES string of the molecule is CC.COC(=O)C1CCC(N(C)C)CC1. The fourth-order valence-corrected chi connectivity index (χ4v) is 1.99. The second kappa shape index (κ2) is 7.69. The summed E-state index contributed by atoms with van der Waals surface area (Å²) < 4.78 is 4.73. The zero-order valence-corrected chi connectivity index (χ0v) is 10.7. The highest BCUT2D eigenvalue weighted by Gasteiger charge is 2.27. The van der Waals surface area contributed by atoms with E-state index in [2.05, 4.69) is 19.0 Å². The number of carbonyl (C=O) groups excluding carboxylic acids is 1. The maximum absolute atomic E-state index is 11.2. The topological polar surface area (TPSA) is 29.5 Å². The van der Waals surface area contributed by atoms with Gasteiger partial charge in [0.05, 0.1) is 13.0 Å². The second-order valence-electron chi connectivity index (χ2n) is 3.99. The second-order valence-corrected chi connectivity index (χ2v) is 3.99. The van der Waals surface area contributed by atoms with E-state index in [1.165, 1.54) is 7.11 Å². The van der Waals surface area contributed by atoms with Crippen molar-refractivity contribution < 1.29 is 9.53 Å². The van der Waals surface area contributed by atoms with Crippen LogP contribution >= 0.6 is 0 Å². The first kappa shape index (κ1) is 14.4. The van der Waals surface area contributed by atoms with Crippen LogP contribution in [0.3, 0.4) is 0 Å². The van der Waals surface area contributed by atoms with Crippen molar-refractivity contribution in [2.45, 2.75) is 45.6 Å². The molecule has 0 spiro atoms. The molecule has 0 aromatic heterocycles. The summed E-state index contributed by atoms with van der Waals surface area (Å²) in [5.74, 6) is 0.124. The first-order valence-corrected chi connectivity index (χ1v) is 5.89. The van der Waals surface area contributed by atoms with Gasteiger partial charge < -0.3 is 9.64 Å². The molecule has 1 rings (SSSR count). The normalized spacial score (nSPS) is 25.5. The van der Waals surface area contributed by atoms with Crippen LogP contribution in [0.5, 0.6) is 0 Å². The van der Waals surface area contributed by atoms with Gasteiger partial charge in [0.15, 0.2) is 0 Å². The lowest BCUT2D eigenvalue weighted by molar-refractivity contribution is -0.146. The summed E-state index contributed by atoms with van der Waals surface area (Å²) in [7, 11) is 5.67. The van der Waals surface area contributed by atoms with Crippen molar-refractivity contribution in [1.82, 2.24) is 4.90 Å². The molecule has 0 heterocycles. The van der Waals surface area contributed by atoms with Gasteiger partial charge in [0.1, 0.15) is 0 Å². The highest BCUT2D eigenvalue weighted by Crippen LogP contribution is 2.27. The van der Waals surface area contributed by atoms with Gasteiger partial charge in [-0.25, -0.2) is 0 Å². The van der Waals surface area contributed by atoms with E-state index in [1.807, 2.05) is 13.8 Å². The molecule has 0 N–H and O–H groups in total. The summed E-state index contributed by atoms with van der Waals surface area (Å²) in [6.07, 6.45) is 4.20. The molecule has 1 aliphatic rings. The quantitative estimate of drug-likeness (QED) is 0.662. The Balaban J connectivity index is 0.000000921. The summed E-state index contributed by atoms with van der Waals surface area (Å²) in [5.41, 5.74) is 0. The molecular weight excluding hydrogens is 190 g/mol. The van der Waals surface area contributed by atoms with E-state index in [9.17, 15) is 4.79 Å². The molecule has 0 saturated heterocycles. The Kier molecular flexibility index (Phi) is 7.39. The maximum Gasteiger partial charge on any atom is 0.308 e. The highest BCUT2D eigenvalue weighted by atomic mass is 16.5. The molecule has 0 aromatic carbocycles. The molecule has 1 saturated carbocycles. The van der Waals surface area contributed by atoms with E-state index in [1.54, 1.807) is 0 Å². The van der Waals surface area contributed by atoms with Gasteiger partial charge in [0.25, 0.3) is 0 Å². The van der Waals surface area contributed by atoms with Crippen LogP contribution in [0.4, 0.5) is 0 Å². The van der Waals surface area contributed by atoms with Crippen molar-refractivity contribution in [2.75, 3.05) is 21.2 Å². The van der Waals surface area contributed by atoms with Gasteiger partial charge in [0.2, 0.25) is 0 Å². The average Bonchev–Trinajstić information content (AvgIpc) is 2.31. The van der Waals surface area contributed by atoms with Crippen LogP contribution in [-0.2, 0) is 9.53 Å². The molecule has 15 heavy (non-hydrogen) atoms. The van der Waals surface area contributed by atoms with Gasteiger partial charge in [0, 0.05) is 6.04 Å². The number of methoxy groups -OCH3 is 1. The van der Waals surface area contributed by atoms with Gasteiger partial charge >= 0.3 is 5.97 Å². The lowest BCUT2D eigenvalue weighted by atomic mass is 9.86. The molecule has 0 bridgehead atoms. The van der Waals surface area contributed by atoms with E-state index in [0.717, 1.165) is 25.7 Å². The number of esters is 1. The summed E-state index contributed by atoms with van der Waals surface area (Å²) in [5, 5.41) is 0. The summed E-state index contributed by atoms with van der Waals surface area (Å²) in [4.78, 5) is 13.5. The van der Waals surface area contributed by atoms with Crippen molar-refractivity contribution in [3.05, 3.63) is 0 Å². The van der Waals surface area contributed by atoms with Crippen LogP contribution in [0.25, 0.3) is 0 Å². The van der Waals surface area contributed by atoms with Crippen LogP contribution in [-0.4, -0.2) is 38.1 Å². The van der Waals surface area contributed by atoms with Crippen molar-refractivity contribution in [3.63, 3.8) is 0 Å². The van der Waals surface area contributed by atoms with Gasteiger partial charge in [-0.2, -0.15) is 0 Å². The van der Waals surface area contributed by atoms with Gasteiger partial charge in [-0.1, -0.05) is 13.8 Å². The Labute approximate surface area is 93.8 Å². The lowest BCUT2D eigenvalue weighted by Crippen LogP contribution is -2.34. The number of carbonyl (C=O) groups is 1. The summed E-state index contributed by atoms with van der Waals surface area (Å²) in [6.45, 7) is 4.00. The maximum atomic E-state index is 11.2. The Hall–Kier alpha value is -0.570. The molecule has 3 nitrogen and oxygen atoms in total. The van der Waals surface area contributed by atoms with Gasteiger partial charge in [-0.05, 0) is 39.8 Å². The minimum atomic E-state index is -0.0304. The standard InChI is InChI=1S/C10H19NO2.C2H6/c1-11(2)9-6-4-8(5-7-9)10(12)13-3;1-2/h8-9H,4-7H2,1-3H3;1-2H3. The molecule has 90 valence electrons. The Morgan fingerprint density at radius 1 is 1.13 bits per heavy atom. The van der Waals surface area contributed by atoms with Crippen LogP contribution in [0, 0.1) is 5.92 Å². The Morgan fingerprint density at radius 2 is 1.60 bits per heavy atom. The number of hydrogen-bond donors (Lipinski definition) is 0. The molecule has 0 aromatic rings. The molecule has 1 fully saturated rings. The van der Waals surface area contributed by atoms with E-state index < -0.39 is 0 Å². The Bertz CT molecular complexity index is 172. The molecule has 0 atom stereocenters. The minimum absolute atomic E-state index is 0.0304. The van der Waals surface area contributed by atoms with Crippen LogP contribution in [0.15, 0.2) is 0 Å². The third-order valence-corrected chi connectivity index (χ3v) is 2.96. The first-order chi connectivity index (χ1) is 7.15. The number of rotatable bonds is 2. The monoisotopic (exact) mass is 215 g/mol. The van der Waals surface area contributed by atoms with E-state index >= 15 is 0 Å². The predicted octanol–water partition coefficient (Wildman–Crippen LogP) is 2.31. The highest BCUT2D eigenvalue weighted by molar-refractivity contribution is 5.72. The van der Waals surface area contributed by atoms with Crippen LogP contribution in [0.1, 0.15) is 39.5 Å². The zero-order valence-electron chi connectivity index (χ0n) is 10.7. The van der Waals surface area contributed by atoms with E-state index in [0.29, 0.717) is 6.04 Å². The lowest BCUT2D eigenvalue weighted by Gasteiger charge is -2.31.